The molecule has 1 aromatic carbocycles. The first-order valence-electron chi connectivity index (χ1n) is 10.0. The molecular formula is C23H24ClFN4. The van der Waals surface area contributed by atoms with Gasteiger partial charge in [0, 0.05) is 30.5 Å². The maximum Gasteiger partial charge on any atom is 0.126 e. The van der Waals surface area contributed by atoms with Crippen LogP contribution in [-0.4, -0.2) is 16.0 Å². The Morgan fingerprint density at radius 1 is 1.00 bits per heavy atom. The van der Waals surface area contributed by atoms with E-state index in [2.05, 4.69) is 20.6 Å². The van der Waals surface area contributed by atoms with Crippen LogP contribution in [0.5, 0.6) is 0 Å². The first kappa shape index (κ1) is 19.6. The van der Waals surface area contributed by atoms with Gasteiger partial charge in [-0.1, -0.05) is 43.0 Å². The molecule has 29 heavy (non-hydrogen) atoms. The van der Waals surface area contributed by atoms with Gasteiger partial charge in [0.1, 0.15) is 17.5 Å². The highest BCUT2D eigenvalue weighted by Crippen LogP contribution is 2.31. The molecule has 3 aromatic rings. The summed E-state index contributed by atoms with van der Waals surface area (Å²) in [5, 5.41) is 7.39. The van der Waals surface area contributed by atoms with E-state index in [4.69, 9.17) is 11.6 Å². The summed E-state index contributed by atoms with van der Waals surface area (Å²) in [5.41, 5.74) is 2.73. The number of aromatic nitrogens is 2. The monoisotopic (exact) mass is 410 g/mol. The molecule has 0 spiro atoms. The summed E-state index contributed by atoms with van der Waals surface area (Å²) in [6, 6.07) is 12.9. The fourth-order valence-electron chi connectivity index (χ4n) is 3.73. The van der Waals surface area contributed by atoms with Crippen molar-refractivity contribution in [3.8, 4) is 11.1 Å². The second-order valence-electron chi connectivity index (χ2n) is 7.44. The first-order valence-corrected chi connectivity index (χ1v) is 10.4. The molecule has 4 nitrogen and oxygen atoms in total. The summed E-state index contributed by atoms with van der Waals surface area (Å²) in [6.45, 7) is 0.493. The summed E-state index contributed by atoms with van der Waals surface area (Å²) in [6.07, 6.45) is 9.66. The van der Waals surface area contributed by atoms with Crippen LogP contribution >= 0.6 is 11.6 Å². The van der Waals surface area contributed by atoms with Crippen molar-refractivity contribution in [1.29, 1.82) is 0 Å². The zero-order valence-corrected chi connectivity index (χ0v) is 16.9. The standard InChI is InChI=1S/C23H24ClFN4/c24-21-15-28-23(29-19-7-2-1-3-8-19)13-20(21)17-9-10-26-22(12-17)27-14-16-5-4-6-18(25)11-16/h4-6,9-13,15,19H,1-3,7-8,14H2,(H,26,27)(H,28,29). The molecule has 0 bridgehead atoms. The topological polar surface area (TPSA) is 49.8 Å². The van der Waals surface area contributed by atoms with Gasteiger partial charge in [-0.15, -0.1) is 0 Å². The highest BCUT2D eigenvalue weighted by molar-refractivity contribution is 6.33. The maximum absolute atomic E-state index is 13.4. The Balaban J connectivity index is 1.50. The molecule has 4 rings (SSSR count). The van der Waals surface area contributed by atoms with Crippen molar-refractivity contribution in [1.82, 2.24) is 9.97 Å². The van der Waals surface area contributed by atoms with E-state index < -0.39 is 0 Å². The number of nitrogens with zero attached hydrogens (tertiary/aromatic N) is 2. The highest BCUT2D eigenvalue weighted by atomic mass is 35.5. The first-order chi connectivity index (χ1) is 14.2. The van der Waals surface area contributed by atoms with Crippen LogP contribution in [0.1, 0.15) is 37.7 Å². The third kappa shape index (κ3) is 5.24. The molecule has 1 fully saturated rings. The van der Waals surface area contributed by atoms with Crippen LogP contribution in [0.15, 0.2) is 54.9 Å². The molecule has 1 saturated carbocycles. The molecule has 150 valence electrons. The van der Waals surface area contributed by atoms with E-state index in [0.29, 0.717) is 23.4 Å². The van der Waals surface area contributed by atoms with Gasteiger partial charge in [-0.3, -0.25) is 0 Å². The predicted octanol–water partition coefficient (Wildman–Crippen LogP) is 6.29. The molecule has 2 N–H and O–H groups in total. The normalized spacial score (nSPS) is 14.6. The Kier molecular flexibility index (Phi) is 6.25. The van der Waals surface area contributed by atoms with Crippen LogP contribution in [0.25, 0.3) is 11.1 Å². The van der Waals surface area contributed by atoms with Gasteiger partial charge >= 0.3 is 0 Å². The van der Waals surface area contributed by atoms with Gasteiger partial charge in [-0.25, -0.2) is 14.4 Å². The minimum Gasteiger partial charge on any atom is -0.367 e. The summed E-state index contributed by atoms with van der Waals surface area (Å²) >= 11 is 6.44. The lowest BCUT2D eigenvalue weighted by molar-refractivity contribution is 0.462. The quantitative estimate of drug-likeness (QED) is 0.501. The third-order valence-corrected chi connectivity index (χ3v) is 5.55. The van der Waals surface area contributed by atoms with E-state index in [0.717, 1.165) is 22.5 Å². The summed E-state index contributed by atoms with van der Waals surface area (Å²) < 4.78 is 13.4. The van der Waals surface area contributed by atoms with Crippen LogP contribution in [0.3, 0.4) is 0 Å². The van der Waals surface area contributed by atoms with Crippen molar-refractivity contribution in [2.24, 2.45) is 0 Å². The summed E-state index contributed by atoms with van der Waals surface area (Å²) in [4.78, 5) is 8.82. The van der Waals surface area contributed by atoms with E-state index in [1.165, 1.54) is 44.2 Å². The van der Waals surface area contributed by atoms with E-state index in [1.807, 2.05) is 24.3 Å². The zero-order valence-electron chi connectivity index (χ0n) is 16.2. The lowest BCUT2D eigenvalue weighted by Crippen LogP contribution is -2.22. The van der Waals surface area contributed by atoms with Gasteiger partial charge in [-0.2, -0.15) is 0 Å². The fraction of sp³-hybridized carbons (Fsp3) is 0.304. The predicted molar refractivity (Wildman–Crippen MR) is 117 cm³/mol. The van der Waals surface area contributed by atoms with Gasteiger partial charge in [0.2, 0.25) is 0 Å². The van der Waals surface area contributed by atoms with Crippen LogP contribution in [0.4, 0.5) is 16.0 Å². The fourth-order valence-corrected chi connectivity index (χ4v) is 3.94. The van der Waals surface area contributed by atoms with Gasteiger partial charge in [0.05, 0.1) is 5.02 Å². The Bertz CT molecular complexity index is 973. The van der Waals surface area contributed by atoms with Crippen molar-refractivity contribution >= 4 is 23.2 Å². The molecule has 0 radical (unpaired) electrons. The Morgan fingerprint density at radius 2 is 1.86 bits per heavy atom. The minimum atomic E-state index is -0.243. The molecule has 0 atom stereocenters. The lowest BCUT2D eigenvalue weighted by atomic mass is 9.95. The van der Waals surface area contributed by atoms with E-state index in [9.17, 15) is 4.39 Å². The van der Waals surface area contributed by atoms with Crippen LogP contribution in [-0.2, 0) is 6.54 Å². The maximum atomic E-state index is 13.4. The average Bonchev–Trinajstić information content (AvgIpc) is 2.75. The molecular weight excluding hydrogens is 387 g/mol. The zero-order chi connectivity index (χ0) is 20.1. The minimum absolute atomic E-state index is 0.243. The smallest absolute Gasteiger partial charge is 0.126 e. The highest BCUT2D eigenvalue weighted by Gasteiger charge is 2.15. The number of hydrogen-bond donors (Lipinski definition) is 2. The van der Waals surface area contributed by atoms with E-state index >= 15 is 0 Å². The number of anilines is 2. The number of benzene rings is 1. The van der Waals surface area contributed by atoms with Crippen LogP contribution < -0.4 is 10.6 Å². The number of rotatable bonds is 6. The van der Waals surface area contributed by atoms with E-state index in [1.54, 1.807) is 18.5 Å². The van der Waals surface area contributed by atoms with Gasteiger partial charge in [-0.05, 0) is 54.3 Å². The summed E-state index contributed by atoms with van der Waals surface area (Å²) in [5.74, 6) is 1.32. The number of nitrogens with one attached hydrogen (secondary N) is 2. The van der Waals surface area contributed by atoms with Crippen molar-refractivity contribution in [3.05, 3.63) is 71.3 Å². The molecule has 1 aliphatic rings. The molecule has 0 aliphatic heterocycles. The van der Waals surface area contributed by atoms with E-state index in [-0.39, 0.29) is 5.82 Å². The van der Waals surface area contributed by atoms with Gasteiger partial charge in [0.25, 0.3) is 0 Å². The second-order valence-corrected chi connectivity index (χ2v) is 7.85. The van der Waals surface area contributed by atoms with Crippen molar-refractivity contribution in [2.75, 3.05) is 10.6 Å². The average molecular weight is 411 g/mol. The molecule has 0 unspecified atom stereocenters. The lowest BCUT2D eigenvalue weighted by Gasteiger charge is -2.23. The van der Waals surface area contributed by atoms with Crippen LogP contribution in [0.2, 0.25) is 5.02 Å². The number of pyridine rings is 2. The molecule has 6 heteroatoms. The largest absolute Gasteiger partial charge is 0.367 e. The molecule has 0 saturated heterocycles. The summed E-state index contributed by atoms with van der Waals surface area (Å²) in [7, 11) is 0. The Morgan fingerprint density at radius 3 is 2.69 bits per heavy atom. The number of hydrogen-bond acceptors (Lipinski definition) is 4. The van der Waals surface area contributed by atoms with Crippen molar-refractivity contribution in [3.63, 3.8) is 0 Å². The number of halogens is 2. The Hall–Kier alpha value is -2.66. The van der Waals surface area contributed by atoms with Gasteiger partial charge in [0.15, 0.2) is 0 Å². The van der Waals surface area contributed by atoms with Crippen molar-refractivity contribution < 1.29 is 4.39 Å². The molecule has 1 aliphatic carbocycles. The van der Waals surface area contributed by atoms with Crippen LogP contribution in [0, 0.1) is 5.82 Å². The third-order valence-electron chi connectivity index (χ3n) is 5.25. The second kappa shape index (κ2) is 9.23. The van der Waals surface area contributed by atoms with Crippen molar-refractivity contribution in [2.45, 2.75) is 44.7 Å². The molecule has 2 aromatic heterocycles. The molecule has 2 heterocycles. The van der Waals surface area contributed by atoms with Gasteiger partial charge < -0.3 is 10.6 Å². The SMILES string of the molecule is Fc1cccc(CNc2cc(-c3cc(NC4CCCCC4)ncc3Cl)ccn2)c1. The Labute approximate surface area is 175 Å². The molecule has 0 amide bonds.